The van der Waals surface area contributed by atoms with Crippen molar-refractivity contribution in [3.63, 3.8) is 0 Å². The van der Waals surface area contributed by atoms with Gasteiger partial charge in [0.1, 0.15) is 12.6 Å². The molecule has 0 fully saturated rings. The van der Waals surface area contributed by atoms with Crippen LogP contribution in [0.2, 0.25) is 0 Å². The summed E-state index contributed by atoms with van der Waals surface area (Å²) < 4.78 is 5.02. The molecule has 1 N–H and O–H groups in total. The Morgan fingerprint density at radius 2 is 1.93 bits per heavy atom. The van der Waals surface area contributed by atoms with Gasteiger partial charge in [-0.15, -0.1) is 0 Å². The number of carbonyl (C=O) groups excluding carboxylic acids is 1. The van der Waals surface area contributed by atoms with Gasteiger partial charge in [-0.1, -0.05) is 44.2 Å². The molecule has 0 saturated heterocycles. The highest BCUT2D eigenvalue weighted by atomic mass is 16.5. The molecule has 3 nitrogen and oxygen atoms in total. The average molecular weight is 206 g/mol. The second kappa shape index (κ2) is 5.51. The van der Waals surface area contributed by atoms with Crippen molar-refractivity contribution in [1.29, 1.82) is 0 Å². The summed E-state index contributed by atoms with van der Waals surface area (Å²) in [6.45, 7) is 3.92. The molecule has 0 aromatic heterocycles. The summed E-state index contributed by atoms with van der Waals surface area (Å²) in [6.07, 6.45) is 0. The molecule has 0 spiro atoms. The first-order valence-corrected chi connectivity index (χ1v) is 5.03. The normalized spacial score (nSPS) is 12.5. The van der Waals surface area contributed by atoms with Crippen LogP contribution in [-0.4, -0.2) is 12.0 Å². The lowest BCUT2D eigenvalue weighted by molar-refractivity contribution is -0.147. The first-order chi connectivity index (χ1) is 7.11. The molecule has 0 aliphatic rings. The Bertz CT molecular complexity index is 309. The summed E-state index contributed by atoms with van der Waals surface area (Å²) in [6, 6.07) is 8.69. The van der Waals surface area contributed by atoms with Crippen molar-refractivity contribution in [3.05, 3.63) is 35.9 Å². The fourth-order valence-electron chi connectivity index (χ4n) is 1.09. The van der Waals surface area contributed by atoms with Crippen molar-refractivity contribution < 1.29 is 9.53 Å². The average Bonchev–Trinajstić information content (AvgIpc) is 2.26. The van der Waals surface area contributed by atoms with E-state index in [-0.39, 0.29) is 12.5 Å². The van der Waals surface area contributed by atoms with Crippen LogP contribution in [0.1, 0.15) is 19.4 Å². The number of hydrogen-bond donors (Lipinski definition) is 0. The van der Waals surface area contributed by atoms with Crippen LogP contribution in [0.15, 0.2) is 30.3 Å². The Morgan fingerprint density at radius 3 is 2.47 bits per heavy atom. The van der Waals surface area contributed by atoms with Gasteiger partial charge < -0.3 is 4.74 Å². The maximum Gasteiger partial charge on any atom is 0.325 e. The van der Waals surface area contributed by atoms with Gasteiger partial charge in [0.15, 0.2) is 0 Å². The summed E-state index contributed by atoms with van der Waals surface area (Å²) in [5, 5.41) is 0. The van der Waals surface area contributed by atoms with E-state index in [9.17, 15) is 4.79 Å². The molecule has 1 atom stereocenters. The van der Waals surface area contributed by atoms with Gasteiger partial charge in [-0.3, -0.25) is 4.79 Å². The number of ether oxygens (including phenoxy) is 1. The Hall–Kier alpha value is -1.35. The van der Waals surface area contributed by atoms with E-state index in [1.54, 1.807) is 0 Å². The van der Waals surface area contributed by atoms with Crippen molar-refractivity contribution in [2.24, 2.45) is 5.92 Å². The van der Waals surface area contributed by atoms with Crippen LogP contribution in [0.4, 0.5) is 0 Å². The summed E-state index contributed by atoms with van der Waals surface area (Å²) >= 11 is 0. The highest BCUT2D eigenvalue weighted by Crippen LogP contribution is 2.05. The molecule has 1 radical (unpaired) electrons. The van der Waals surface area contributed by atoms with Gasteiger partial charge in [0, 0.05) is 0 Å². The second-order valence-electron chi connectivity index (χ2n) is 3.81. The van der Waals surface area contributed by atoms with Crippen LogP contribution >= 0.6 is 0 Å². The molecule has 1 aromatic carbocycles. The zero-order chi connectivity index (χ0) is 11.3. The summed E-state index contributed by atoms with van der Waals surface area (Å²) in [4.78, 5) is 11.3. The van der Waals surface area contributed by atoms with Gasteiger partial charge in [-0.25, -0.2) is 5.73 Å². The minimum Gasteiger partial charge on any atom is -0.460 e. The Labute approximate surface area is 90.2 Å². The standard InChI is InChI=1S/C12H16NO2/c1-9(2)11(13)12(14)15-8-10-6-4-3-5-7-10/h3-7,9,11,13H,8H2,1-2H3. The third-order valence-electron chi connectivity index (χ3n) is 2.14. The van der Waals surface area contributed by atoms with Gasteiger partial charge in [-0.2, -0.15) is 0 Å². The van der Waals surface area contributed by atoms with Gasteiger partial charge in [0.25, 0.3) is 0 Å². The minimum absolute atomic E-state index is 0.00623. The lowest BCUT2D eigenvalue weighted by Crippen LogP contribution is -2.29. The molecule has 1 rings (SSSR count). The number of rotatable bonds is 4. The molecule has 0 heterocycles. The zero-order valence-corrected chi connectivity index (χ0v) is 9.07. The van der Waals surface area contributed by atoms with Crippen molar-refractivity contribution >= 4 is 5.97 Å². The van der Waals surface area contributed by atoms with E-state index in [0.29, 0.717) is 0 Å². The fraction of sp³-hybridized carbons (Fsp3) is 0.417. The van der Waals surface area contributed by atoms with Crippen LogP contribution in [0, 0.1) is 5.92 Å². The summed E-state index contributed by atoms with van der Waals surface area (Å²) in [5.74, 6) is -0.456. The highest BCUT2D eigenvalue weighted by molar-refractivity contribution is 5.75. The predicted octanol–water partition coefficient (Wildman–Crippen LogP) is 2.04. The molecular formula is C12H16NO2. The number of hydrogen-bond acceptors (Lipinski definition) is 2. The van der Waals surface area contributed by atoms with E-state index in [4.69, 9.17) is 10.5 Å². The SMILES string of the molecule is CC(C)C([NH])C(=O)OCc1ccccc1. The van der Waals surface area contributed by atoms with Gasteiger partial charge in [0.05, 0.1) is 0 Å². The van der Waals surface area contributed by atoms with Crippen molar-refractivity contribution in [1.82, 2.24) is 5.73 Å². The third-order valence-corrected chi connectivity index (χ3v) is 2.14. The smallest absolute Gasteiger partial charge is 0.325 e. The van der Waals surface area contributed by atoms with Crippen molar-refractivity contribution in [2.75, 3.05) is 0 Å². The topological polar surface area (TPSA) is 50.1 Å². The lowest BCUT2D eigenvalue weighted by Gasteiger charge is -2.13. The number of benzene rings is 1. The minimum atomic E-state index is -0.784. The van der Waals surface area contributed by atoms with E-state index in [1.165, 1.54) is 0 Å². The number of esters is 1. The Morgan fingerprint density at radius 1 is 1.33 bits per heavy atom. The van der Waals surface area contributed by atoms with Gasteiger partial charge in [0.2, 0.25) is 0 Å². The van der Waals surface area contributed by atoms with Crippen LogP contribution in [-0.2, 0) is 16.1 Å². The molecule has 0 saturated carbocycles. The monoisotopic (exact) mass is 206 g/mol. The van der Waals surface area contributed by atoms with Crippen LogP contribution < -0.4 is 5.73 Å². The lowest BCUT2D eigenvalue weighted by atomic mass is 10.1. The quantitative estimate of drug-likeness (QED) is 0.708. The highest BCUT2D eigenvalue weighted by Gasteiger charge is 2.19. The Kier molecular flexibility index (Phi) is 4.31. The fourth-order valence-corrected chi connectivity index (χ4v) is 1.09. The molecule has 3 heteroatoms. The molecule has 1 unspecified atom stereocenters. The molecule has 0 aliphatic carbocycles. The van der Waals surface area contributed by atoms with Crippen molar-refractivity contribution in [3.8, 4) is 0 Å². The zero-order valence-electron chi connectivity index (χ0n) is 9.07. The van der Waals surface area contributed by atoms with E-state index in [0.717, 1.165) is 5.56 Å². The third kappa shape index (κ3) is 3.72. The second-order valence-corrected chi connectivity index (χ2v) is 3.81. The van der Waals surface area contributed by atoms with Gasteiger partial charge >= 0.3 is 5.97 Å². The summed E-state index contributed by atoms with van der Waals surface area (Å²) in [7, 11) is 0. The van der Waals surface area contributed by atoms with Crippen molar-refractivity contribution in [2.45, 2.75) is 26.5 Å². The van der Waals surface area contributed by atoms with Crippen LogP contribution in [0.3, 0.4) is 0 Å². The molecule has 1 aromatic rings. The molecule has 81 valence electrons. The molecule has 0 aliphatic heterocycles. The maximum absolute atomic E-state index is 11.3. The van der Waals surface area contributed by atoms with Gasteiger partial charge in [-0.05, 0) is 11.5 Å². The first-order valence-electron chi connectivity index (χ1n) is 5.03. The van der Waals surface area contributed by atoms with E-state index in [1.807, 2.05) is 44.2 Å². The predicted molar refractivity (Wildman–Crippen MR) is 58.0 cm³/mol. The molecule has 0 bridgehead atoms. The molecule has 15 heavy (non-hydrogen) atoms. The van der Waals surface area contributed by atoms with E-state index in [2.05, 4.69) is 0 Å². The summed E-state index contributed by atoms with van der Waals surface area (Å²) in [5.41, 5.74) is 8.47. The Balaban J connectivity index is 2.41. The molecular weight excluding hydrogens is 190 g/mol. The number of nitrogens with one attached hydrogen (secondary N) is 1. The van der Waals surface area contributed by atoms with E-state index < -0.39 is 12.0 Å². The number of carbonyl (C=O) groups is 1. The van der Waals surface area contributed by atoms with Crippen LogP contribution in [0.25, 0.3) is 0 Å². The molecule has 0 amide bonds. The largest absolute Gasteiger partial charge is 0.460 e. The first kappa shape index (κ1) is 11.7. The van der Waals surface area contributed by atoms with E-state index >= 15 is 0 Å². The maximum atomic E-state index is 11.3. The van der Waals surface area contributed by atoms with Crippen LogP contribution in [0.5, 0.6) is 0 Å².